The number of aliphatic hydroxyl groups excluding tert-OH is 1. The van der Waals surface area contributed by atoms with E-state index in [1.165, 1.54) is 0 Å². The van der Waals surface area contributed by atoms with Gasteiger partial charge in [0, 0.05) is 6.61 Å². The fraction of sp³-hybridized carbons (Fsp3) is 1.00. The van der Waals surface area contributed by atoms with Crippen molar-refractivity contribution in [3.05, 3.63) is 0 Å². The van der Waals surface area contributed by atoms with Crippen LogP contribution in [0.5, 0.6) is 0 Å². The number of hydrogen-bond acceptors (Lipinski definition) is 3. The second-order valence-electron chi connectivity index (χ2n) is 0.764. The van der Waals surface area contributed by atoms with Crippen LogP contribution in [-0.2, 0) is 10.4 Å². The summed E-state index contributed by atoms with van der Waals surface area (Å²) in [5, 5.41) is 7.57. The van der Waals surface area contributed by atoms with E-state index in [9.17, 15) is 0 Å². The molecular formula is C2H11NaO6S. The fourth-order valence-electron chi connectivity index (χ4n) is 0. The minimum atomic E-state index is -4.67. The molecule has 6 nitrogen and oxygen atoms in total. The molecule has 0 aromatic rings. The Labute approximate surface area is 81.4 Å². The van der Waals surface area contributed by atoms with Crippen LogP contribution in [0.25, 0.3) is 0 Å². The van der Waals surface area contributed by atoms with E-state index >= 15 is 0 Å². The molecule has 0 fully saturated rings. The van der Waals surface area contributed by atoms with Gasteiger partial charge >= 0.3 is 40.0 Å². The van der Waals surface area contributed by atoms with Gasteiger partial charge in [-0.1, -0.05) is 0 Å². The standard InChI is InChI=1S/C2H6O.Na.H2O4S.H2O.H/c1-2-3;;1-5(2,3)4;;/h3H,2H2,1H3;;(H2,1,2,3,4);1H2;. The third-order valence-electron chi connectivity index (χ3n) is 0. The predicted octanol–water partition coefficient (Wildman–Crippen LogP) is -2.13. The Hall–Kier alpha value is 0.790. The van der Waals surface area contributed by atoms with Gasteiger partial charge in [0.25, 0.3) is 0 Å². The van der Waals surface area contributed by atoms with Gasteiger partial charge in [0.2, 0.25) is 0 Å². The monoisotopic (exact) mass is 186 g/mol. The molecular weight excluding hydrogens is 175 g/mol. The van der Waals surface area contributed by atoms with E-state index in [-0.39, 0.29) is 41.6 Å². The third kappa shape index (κ3) is 855. The van der Waals surface area contributed by atoms with Crippen molar-refractivity contribution < 1.29 is 28.1 Å². The summed E-state index contributed by atoms with van der Waals surface area (Å²) >= 11 is 0. The van der Waals surface area contributed by atoms with Gasteiger partial charge in [0.15, 0.2) is 0 Å². The van der Waals surface area contributed by atoms with Crippen molar-refractivity contribution in [1.82, 2.24) is 0 Å². The van der Waals surface area contributed by atoms with Crippen molar-refractivity contribution >= 4 is 40.0 Å². The van der Waals surface area contributed by atoms with E-state index in [1.54, 1.807) is 6.92 Å². The summed E-state index contributed by atoms with van der Waals surface area (Å²) in [7, 11) is -4.67. The van der Waals surface area contributed by atoms with Gasteiger partial charge in [-0.05, 0) is 6.92 Å². The molecule has 0 radical (unpaired) electrons. The van der Waals surface area contributed by atoms with Gasteiger partial charge in [0.1, 0.15) is 0 Å². The summed E-state index contributed by atoms with van der Waals surface area (Å²) in [5.41, 5.74) is 0. The zero-order valence-corrected chi connectivity index (χ0v) is 5.59. The van der Waals surface area contributed by atoms with E-state index < -0.39 is 10.4 Å². The number of rotatable bonds is 0. The molecule has 0 aliphatic rings. The number of hydrogen-bond donors (Lipinski definition) is 3. The Bertz CT molecular complexity index is 110. The SMILES string of the molecule is CCO.O.O=S(=O)(O)O.[NaH]. The van der Waals surface area contributed by atoms with Gasteiger partial charge in [-0.2, -0.15) is 8.42 Å². The molecule has 0 bridgehead atoms. The minimum absolute atomic E-state index is 0. The first-order valence-electron chi connectivity index (χ1n) is 1.72. The Balaban J connectivity index is -0.0000000326. The summed E-state index contributed by atoms with van der Waals surface area (Å²) < 4.78 is 31.6. The van der Waals surface area contributed by atoms with Crippen LogP contribution in [-0.4, -0.2) is 64.3 Å². The van der Waals surface area contributed by atoms with Crippen LogP contribution in [0.15, 0.2) is 0 Å². The molecule has 8 heteroatoms. The van der Waals surface area contributed by atoms with Crippen LogP contribution in [0.2, 0.25) is 0 Å². The van der Waals surface area contributed by atoms with Crippen LogP contribution in [0.4, 0.5) is 0 Å². The molecule has 0 rings (SSSR count). The third-order valence-corrected chi connectivity index (χ3v) is 0. The normalized spacial score (nSPS) is 7.60. The summed E-state index contributed by atoms with van der Waals surface area (Å²) in [6.45, 7) is 1.93. The van der Waals surface area contributed by atoms with Gasteiger partial charge in [-0.15, -0.1) is 0 Å². The van der Waals surface area contributed by atoms with E-state index in [2.05, 4.69) is 0 Å². The summed E-state index contributed by atoms with van der Waals surface area (Å²) in [4.78, 5) is 0. The van der Waals surface area contributed by atoms with Gasteiger partial charge in [-0.3, -0.25) is 9.11 Å². The van der Waals surface area contributed by atoms with Crippen molar-refractivity contribution in [1.29, 1.82) is 0 Å². The fourth-order valence-corrected chi connectivity index (χ4v) is 0. The Morgan fingerprint density at radius 1 is 1.30 bits per heavy atom. The summed E-state index contributed by atoms with van der Waals surface area (Å²) in [5.74, 6) is 0. The molecule has 0 heterocycles. The molecule has 0 atom stereocenters. The topological polar surface area (TPSA) is 126 Å². The zero-order valence-electron chi connectivity index (χ0n) is 4.77. The quantitative estimate of drug-likeness (QED) is 0.294. The first-order valence-corrected chi connectivity index (χ1v) is 3.12. The molecule has 0 saturated heterocycles. The molecule has 62 valence electrons. The molecule has 5 N–H and O–H groups in total. The van der Waals surface area contributed by atoms with Crippen molar-refractivity contribution in [2.24, 2.45) is 0 Å². The second kappa shape index (κ2) is 12.5. The molecule has 0 spiro atoms. The molecule has 10 heavy (non-hydrogen) atoms. The maximum absolute atomic E-state index is 8.74. The average molecular weight is 186 g/mol. The first-order chi connectivity index (χ1) is 3.41. The van der Waals surface area contributed by atoms with E-state index in [0.29, 0.717) is 0 Å². The van der Waals surface area contributed by atoms with Crippen LogP contribution in [0, 0.1) is 0 Å². The van der Waals surface area contributed by atoms with Crippen LogP contribution < -0.4 is 0 Å². The molecule has 0 aliphatic heterocycles. The maximum atomic E-state index is 8.74. The van der Waals surface area contributed by atoms with Crippen molar-refractivity contribution in [3.63, 3.8) is 0 Å². The molecule has 0 amide bonds. The van der Waals surface area contributed by atoms with Gasteiger partial charge in [-0.25, -0.2) is 0 Å². The van der Waals surface area contributed by atoms with Crippen LogP contribution >= 0.6 is 0 Å². The second-order valence-corrected chi connectivity index (χ2v) is 1.66. The van der Waals surface area contributed by atoms with E-state index in [1.807, 2.05) is 0 Å². The van der Waals surface area contributed by atoms with Gasteiger partial charge < -0.3 is 10.6 Å². The Morgan fingerprint density at radius 2 is 1.30 bits per heavy atom. The molecule has 0 aliphatic carbocycles. The van der Waals surface area contributed by atoms with Crippen molar-refractivity contribution in [3.8, 4) is 0 Å². The van der Waals surface area contributed by atoms with Crippen LogP contribution in [0.3, 0.4) is 0 Å². The Morgan fingerprint density at radius 3 is 1.30 bits per heavy atom. The summed E-state index contributed by atoms with van der Waals surface area (Å²) in [6, 6.07) is 0. The first kappa shape index (κ1) is 22.4. The molecule has 0 unspecified atom stereocenters. The van der Waals surface area contributed by atoms with Gasteiger partial charge in [0.05, 0.1) is 0 Å². The summed E-state index contributed by atoms with van der Waals surface area (Å²) in [6.07, 6.45) is 0. The molecule has 0 aromatic carbocycles. The van der Waals surface area contributed by atoms with Crippen molar-refractivity contribution in [2.75, 3.05) is 6.61 Å². The Kier molecular flexibility index (Phi) is 28.0. The number of aliphatic hydroxyl groups is 1. The van der Waals surface area contributed by atoms with E-state index in [0.717, 1.165) is 0 Å². The molecule has 0 saturated carbocycles. The average Bonchev–Trinajstić information content (AvgIpc) is 1.27. The predicted molar refractivity (Wildman–Crippen MR) is 37.7 cm³/mol. The van der Waals surface area contributed by atoms with E-state index in [4.69, 9.17) is 22.6 Å². The molecule has 0 aromatic heterocycles. The van der Waals surface area contributed by atoms with Crippen molar-refractivity contribution in [2.45, 2.75) is 6.92 Å². The van der Waals surface area contributed by atoms with Crippen LogP contribution in [0.1, 0.15) is 6.92 Å². The zero-order chi connectivity index (χ0) is 7.21.